The Bertz CT molecular complexity index is 2080. The number of nitrogens with two attached hydrogens (primary N) is 1. The van der Waals surface area contributed by atoms with Crippen molar-refractivity contribution >= 4 is 46.3 Å². The fourth-order valence-electron chi connectivity index (χ4n) is 5.79. The Morgan fingerprint density at radius 2 is 1.27 bits per heavy atom. The van der Waals surface area contributed by atoms with Gasteiger partial charge in [-0.1, -0.05) is 78.9 Å². The number of carbonyl (C=O) groups excluding carboxylic acids is 5. The number of rotatable bonds is 16. The third kappa shape index (κ3) is 12.2. The third-order valence-electron chi connectivity index (χ3n) is 8.43. The first-order chi connectivity index (χ1) is 26.3. The van der Waals surface area contributed by atoms with Crippen LogP contribution in [-0.2, 0) is 43.4 Å². The van der Waals surface area contributed by atoms with Gasteiger partial charge in [-0.3, -0.25) is 19.2 Å². The monoisotopic (exact) mass is 746 g/mol. The Balaban J connectivity index is 1.34. The maximum atomic E-state index is 13.9. The van der Waals surface area contributed by atoms with Crippen molar-refractivity contribution in [2.24, 2.45) is 5.73 Å². The highest BCUT2D eigenvalue weighted by Gasteiger charge is 2.32. The van der Waals surface area contributed by atoms with Gasteiger partial charge in [0.15, 0.2) is 0 Å². The molecule has 7 N–H and O–H groups in total. The van der Waals surface area contributed by atoms with Crippen LogP contribution in [0.15, 0.2) is 115 Å². The summed E-state index contributed by atoms with van der Waals surface area (Å²) in [6, 6.07) is 29.1. The van der Waals surface area contributed by atoms with E-state index in [4.69, 9.17) is 15.2 Å². The fraction of sp³-hybridized carbons (Fsp3) is 0.262. The molecule has 0 aliphatic heterocycles. The lowest BCUT2D eigenvalue weighted by Crippen LogP contribution is -2.58. The number of hydrogen-bond donors (Lipinski definition) is 6. The summed E-state index contributed by atoms with van der Waals surface area (Å²) in [4.78, 5) is 69.8. The van der Waals surface area contributed by atoms with E-state index in [1.165, 1.54) is 0 Å². The number of nitrogens with one attached hydrogen (secondary N) is 5. The average molecular weight is 747 g/mol. The van der Waals surface area contributed by atoms with Crippen molar-refractivity contribution in [2.45, 2.75) is 70.4 Å². The highest BCUT2D eigenvalue weighted by molar-refractivity contribution is 6.00. The number of benzene rings is 4. The Kier molecular flexibility index (Phi) is 13.3. The van der Waals surface area contributed by atoms with Crippen molar-refractivity contribution in [3.8, 4) is 5.75 Å². The largest absolute Gasteiger partial charge is 0.489 e. The zero-order valence-corrected chi connectivity index (χ0v) is 31.0. The number of fused-ring (bicyclic) bond motifs is 1. The van der Waals surface area contributed by atoms with Crippen LogP contribution in [-0.4, -0.2) is 58.4 Å². The molecule has 0 fully saturated rings. The molecule has 3 atom stereocenters. The maximum absolute atomic E-state index is 13.9. The summed E-state index contributed by atoms with van der Waals surface area (Å²) in [5.74, 6) is -2.39. The van der Waals surface area contributed by atoms with Crippen LogP contribution in [0, 0.1) is 0 Å². The summed E-state index contributed by atoms with van der Waals surface area (Å²) in [6.07, 6.45) is 0.404. The molecule has 13 heteroatoms. The number of aromatic nitrogens is 1. The van der Waals surface area contributed by atoms with Gasteiger partial charge < -0.3 is 41.5 Å². The number of carbonyl (C=O) groups is 5. The van der Waals surface area contributed by atoms with E-state index in [1.54, 1.807) is 81.6 Å². The second kappa shape index (κ2) is 18.4. The number of para-hydroxylation sites is 2. The molecule has 0 aliphatic carbocycles. The summed E-state index contributed by atoms with van der Waals surface area (Å²) >= 11 is 0. The van der Waals surface area contributed by atoms with E-state index in [0.29, 0.717) is 23.6 Å². The fourth-order valence-corrected chi connectivity index (χ4v) is 5.79. The molecular weight excluding hydrogens is 700 g/mol. The van der Waals surface area contributed by atoms with Gasteiger partial charge in [0.05, 0.1) is 6.42 Å². The van der Waals surface area contributed by atoms with Gasteiger partial charge in [0.2, 0.25) is 23.6 Å². The van der Waals surface area contributed by atoms with Crippen LogP contribution >= 0.6 is 0 Å². The quantitative estimate of drug-likeness (QED) is 0.0826. The number of anilines is 1. The van der Waals surface area contributed by atoms with E-state index in [2.05, 4.69) is 26.3 Å². The topological polar surface area (TPSA) is 194 Å². The molecule has 5 amide bonds. The number of hydrogen-bond acceptors (Lipinski definition) is 7. The second-order valence-electron chi connectivity index (χ2n) is 14.0. The lowest BCUT2D eigenvalue weighted by molar-refractivity contribution is -0.133. The van der Waals surface area contributed by atoms with E-state index < -0.39 is 59.9 Å². The second-order valence-corrected chi connectivity index (χ2v) is 14.0. The van der Waals surface area contributed by atoms with Gasteiger partial charge in [0, 0.05) is 35.6 Å². The minimum atomic E-state index is -1.49. The molecule has 286 valence electrons. The molecule has 1 heterocycles. The normalized spacial score (nSPS) is 12.8. The summed E-state index contributed by atoms with van der Waals surface area (Å²) in [7, 11) is 0. The van der Waals surface area contributed by atoms with E-state index in [9.17, 15) is 24.0 Å². The number of aromatic amines is 1. The first-order valence-corrected chi connectivity index (χ1v) is 17.9. The van der Waals surface area contributed by atoms with Crippen LogP contribution in [0.25, 0.3) is 10.9 Å². The van der Waals surface area contributed by atoms with Gasteiger partial charge in [-0.05, 0) is 67.8 Å². The van der Waals surface area contributed by atoms with Crippen LogP contribution in [0.2, 0.25) is 0 Å². The lowest BCUT2D eigenvalue weighted by Gasteiger charge is -2.26. The van der Waals surface area contributed by atoms with Crippen molar-refractivity contribution in [1.82, 2.24) is 20.9 Å². The van der Waals surface area contributed by atoms with Crippen molar-refractivity contribution in [3.05, 3.63) is 132 Å². The van der Waals surface area contributed by atoms with Crippen molar-refractivity contribution in [2.75, 3.05) is 5.32 Å². The smallest absolute Gasteiger partial charge is 0.408 e. The lowest BCUT2D eigenvalue weighted by atomic mass is 10.0. The molecule has 0 radical (unpaired) electrons. The Hall–Kier alpha value is -6.63. The Morgan fingerprint density at radius 1 is 0.673 bits per heavy atom. The third-order valence-corrected chi connectivity index (χ3v) is 8.43. The van der Waals surface area contributed by atoms with E-state index in [-0.39, 0.29) is 12.8 Å². The molecular formula is C42H46N6O7. The molecule has 0 saturated carbocycles. The molecule has 0 unspecified atom stereocenters. The van der Waals surface area contributed by atoms with E-state index >= 15 is 0 Å². The van der Waals surface area contributed by atoms with Gasteiger partial charge in [-0.25, -0.2) is 4.79 Å². The van der Waals surface area contributed by atoms with Crippen LogP contribution < -0.4 is 31.7 Å². The number of primary amides is 1. The number of ether oxygens (including phenoxy) is 2. The van der Waals surface area contributed by atoms with E-state index in [0.717, 1.165) is 22.0 Å². The summed E-state index contributed by atoms with van der Waals surface area (Å²) in [6.45, 7) is 5.42. The minimum Gasteiger partial charge on any atom is -0.489 e. The number of amides is 5. The van der Waals surface area contributed by atoms with Gasteiger partial charge in [0.25, 0.3) is 0 Å². The molecule has 0 aliphatic rings. The molecule has 4 aromatic carbocycles. The summed E-state index contributed by atoms with van der Waals surface area (Å²) in [5, 5.41) is 11.6. The molecule has 0 bridgehead atoms. The average Bonchev–Trinajstić information content (AvgIpc) is 3.56. The zero-order chi connectivity index (χ0) is 39.4. The summed E-state index contributed by atoms with van der Waals surface area (Å²) < 4.78 is 11.3. The number of H-pyrrole nitrogens is 1. The van der Waals surface area contributed by atoms with Crippen LogP contribution in [0.1, 0.15) is 43.9 Å². The van der Waals surface area contributed by atoms with Gasteiger partial charge in [-0.15, -0.1) is 0 Å². The van der Waals surface area contributed by atoms with Gasteiger partial charge >= 0.3 is 6.09 Å². The molecule has 1 aromatic heterocycles. The van der Waals surface area contributed by atoms with Crippen LogP contribution in [0.5, 0.6) is 5.75 Å². The molecule has 0 saturated heterocycles. The van der Waals surface area contributed by atoms with Gasteiger partial charge in [0.1, 0.15) is 36.1 Å². The Morgan fingerprint density at radius 3 is 1.95 bits per heavy atom. The van der Waals surface area contributed by atoms with E-state index in [1.807, 2.05) is 54.6 Å². The molecule has 5 aromatic rings. The van der Waals surface area contributed by atoms with Crippen LogP contribution in [0.3, 0.4) is 0 Å². The van der Waals surface area contributed by atoms with Crippen molar-refractivity contribution < 1.29 is 33.4 Å². The summed E-state index contributed by atoms with van der Waals surface area (Å²) in [5.41, 5.74) is 8.47. The highest BCUT2D eigenvalue weighted by atomic mass is 16.6. The number of alkyl carbamates (subject to hydrolysis) is 1. The molecule has 55 heavy (non-hydrogen) atoms. The standard InChI is InChI=1S/C42H46N6O7/c1-42(2,3)55-41(53)48-34(22-27-18-20-31(21-19-27)54-26-28-12-6-4-7-13-28)39(51)47-36(24-37(43)49)40(52)46-35(38(50)45-30-14-8-5-9-15-30)23-29-25-44-33-17-11-10-16-32(29)33/h4-21,25,34-36,44H,22-24,26H2,1-3H3,(H2,43,49)(H,45,50)(H,46,52)(H,47,51)(H,48,53)/t34-,35-,36-/m0/s1. The van der Waals surface area contributed by atoms with Crippen molar-refractivity contribution in [1.29, 1.82) is 0 Å². The molecule has 5 rings (SSSR count). The minimum absolute atomic E-state index is 0.00236. The first-order valence-electron chi connectivity index (χ1n) is 17.9. The highest BCUT2D eigenvalue weighted by Crippen LogP contribution is 2.20. The maximum Gasteiger partial charge on any atom is 0.408 e. The van der Waals surface area contributed by atoms with Gasteiger partial charge in [-0.2, -0.15) is 0 Å². The molecule has 13 nitrogen and oxygen atoms in total. The van der Waals surface area contributed by atoms with Crippen molar-refractivity contribution in [3.63, 3.8) is 0 Å². The zero-order valence-electron chi connectivity index (χ0n) is 31.0. The predicted octanol–water partition coefficient (Wildman–Crippen LogP) is 4.91. The Labute approximate surface area is 319 Å². The molecule has 0 spiro atoms. The van der Waals surface area contributed by atoms with Crippen LogP contribution in [0.4, 0.5) is 10.5 Å². The SMILES string of the molecule is CC(C)(C)OC(=O)N[C@@H](Cc1ccc(OCc2ccccc2)cc1)C(=O)N[C@@H](CC(N)=O)C(=O)N[C@@H](Cc1c[nH]c2ccccc12)C(=O)Nc1ccccc1. The first kappa shape index (κ1) is 39.6. The predicted molar refractivity (Wildman–Crippen MR) is 209 cm³/mol.